The third-order valence-corrected chi connectivity index (χ3v) is 9.25. The van der Waals surface area contributed by atoms with Gasteiger partial charge in [0, 0.05) is 25.6 Å². The van der Waals surface area contributed by atoms with Crippen LogP contribution in [-0.2, 0) is 11.5 Å². The van der Waals surface area contributed by atoms with Crippen molar-refractivity contribution >= 4 is 57.1 Å². The molecule has 2 aliphatic rings. The summed E-state index contributed by atoms with van der Waals surface area (Å²) in [6.07, 6.45) is 12.8. The first-order valence-electron chi connectivity index (χ1n) is 9.98. The van der Waals surface area contributed by atoms with Gasteiger partial charge < -0.3 is 0 Å². The molecule has 0 saturated heterocycles. The average molecular weight is 498 g/mol. The van der Waals surface area contributed by atoms with Crippen LogP contribution in [0.4, 0.5) is 0 Å². The van der Waals surface area contributed by atoms with Crippen molar-refractivity contribution in [2.75, 3.05) is 0 Å². The maximum Gasteiger partial charge on any atom is 0.0901 e. The maximum atomic E-state index is 5.00. The fraction of sp³-hybridized carbons (Fsp3) is 0.619. The zero-order chi connectivity index (χ0) is 17.8. The summed E-state index contributed by atoms with van der Waals surface area (Å²) in [5, 5.41) is 1.58. The molecule has 2 aromatic rings. The monoisotopic (exact) mass is 498 g/mol. The fourth-order valence-electron chi connectivity index (χ4n) is 4.03. The molecule has 2 unspecified atom stereocenters. The number of fused-ring (bicyclic) bond motifs is 3. The average Bonchev–Trinajstić information content (AvgIpc) is 2.68. The molecule has 140 valence electrons. The van der Waals surface area contributed by atoms with E-state index in [4.69, 9.17) is 9.97 Å². The third kappa shape index (κ3) is 4.88. The molecule has 1 fully saturated rings. The molecule has 0 bridgehead atoms. The molecule has 0 spiro atoms. The Bertz CT molecular complexity index is 752. The predicted octanol–water partition coefficient (Wildman–Crippen LogP) is 6.98. The minimum Gasteiger partial charge on any atom is -0.248 e. The van der Waals surface area contributed by atoms with Crippen LogP contribution in [0.5, 0.6) is 0 Å². The van der Waals surface area contributed by atoms with E-state index >= 15 is 0 Å². The predicted molar refractivity (Wildman–Crippen MR) is 124 cm³/mol. The van der Waals surface area contributed by atoms with Crippen LogP contribution < -0.4 is 0 Å². The smallest absolute Gasteiger partial charge is 0.0901 e. The normalized spacial score (nSPS) is 25.4. The van der Waals surface area contributed by atoms with E-state index in [0.29, 0.717) is 0 Å². The molecule has 0 amide bonds. The Kier molecular flexibility index (Phi) is 7.03. The van der Waals surface area contributed by atoms with E-state index in [0.717, 1.165) is 33.0 Å². The van der Waals surface area contributed by atoms with Crippen LogP contribution >= 0.6 is 46.1 Å². The van der Waals surface area contributed by atoms with Gasteiger partial charge in [0.05, 0.1) is 22.4 Å². The van der Waals surface area contributed by atoms with Crippen molar-refractivity contribution in [3.8, 4) is 0 Å². The lowest BCUT2D eigenvalue weighted by molar-refractivity contribution is 0.585. The van der Waals surface area contributed by atoms with Gasteiger partial charge in [0.2, 0.25) is 0 Å². The number of nitrogens with zero attached hydrogens (tertiary/aromatic N) is 2. The molecule has 0 N–H and O–H groups in total. The van der Waals surface area contributed by atoms with Crippen molar-refractivity contribution in [2.24, 2.45) is 0 Å². The third-order valence-electron chi connectivity index (χ3n) is 5.54. The number of hydrogen-bond donors (Lipinski definition) is 0. The summed E-state index contributed by atoms with van der Waals surface area (Å²) in [6.45, 7) is 0. The van der Waals surface area contributed by atoms with Crippen LogP contribution in [0.15, 0.2) is 18.2 Å². The topological polar surface area (TPSA) is 25.8 Å². The fourth-order valence-corrected chi connectivity index (χ4v) is 7.55. The minimum atomic E-state index is 0.791. The van der Waals surface area contributed by atoms with Gasteiger partial charge in [-0.1, -0.05) is 44.9 Å². The Balaban J connectivity index is 1.56. The van der Waals surface area contributed by atoms with Gasteiger partial charge in [0.1, 0.15) is 0 Å². The van der Waals surface area contributed by atoms with Crippen molar-refractivity contribution in [1.82, 2.24) is 9.97 Å². The highest BCUT2D eigenvalue weighted by Crippen LogP contribution is 2.39. The van der Waals surface area contributed by atoms with Crippen molar-refractivity contribution in [3.63, 3.8) is 0 Å². The first-order valence-corrected chi connectivity index (χ1v) is 13.2. The first-order chi connectivity index (χ1) is 12.8. The number of thioether (sulfide) groups is 2. The Morgan fingerprint density at radius 1 is 0.731 bits per heavy atom. The summed E-state index contributed by atoms with van der Waals surface area (Å²) in [5.74, 6) is 2.07. The van der Waals surface area contributed by atoms with E-state index in [9.17, 15) is 0 Å². The van der Waals surface area contributed by atoms with Crippen LogP contribution in [0.2, 0.25) is 0 Å². The molecule has 2 atom stereocenters. The summed E-state index contributed by atoms with van der Waals surface area (Å²) in [4.78, 5) is 9.99. The molecule has 1 aromatic heterocycles. The van der Waals surface area contributed by atoms with Crippen LogP contribution in [-0.4, -0.2) is 20.5 Å². The number of halogens is 1. The van der Waals surface area contributed by atoms with Gasteiger partial charge >= 0.3 is 0 Å². The van der Waals surface area contributed by atoms with E-state index in [-0.39, 0.29) is 0 Å². The van der Waals surface area contributed by atoms with Crippen molar-refractivity contribution in [3.05, 3.63) is 33.2 Å². The molecule has 1 aliphatic heterocycles. The molecule has 1 aliphatic carbocycles. The van der Waals surface area contributed by atoms with Gasteiger partial charge in [-0.15, -0.1) is 0 Å². The molecule has 5 heteroatoms. The zero-order valence-electron chi connectivity index (χ0n) is 15.3. The van der Waals surface area contributed by atoms with E-state index in [1.165, 1.54) is 72.7 Å². The van der Waals surface area contributed by atoms with Crippen LogP contribution in [0.25, 0.3) is 11.0 Å². The van der Waals surface area contributed by atoms with Gasteiger partial charge in [-0.3, -0.25) is 0 Å². The Morgan fingerprint density at radius 2 is 1.27 bits per heavy atom. The lowest BCUT2D eigenvalue weighted by Gasteiger charge is -2.29. The molecule has 0 radical (unpaired) electrons. The lowest BCUT2D eigenvalue weighted by atomic mass is 10.1. The number of benzene rings is 1. The summed E-state index contributed by atoms with van der Waals surface area (Å²) < 4.78 is 1.24. The first kappa shape index (κ1) is 19.3. The van der Waals surface area contributed by atoms with E-state index in [1.807, 2.05) is 0 Å². The van der Waals surface area contributed by atoms with E-state index in [1.54, 1.807) is 0 Å². The standard InChI is InChI=1S/C21H27IN2S2/c22-15-10-11-16-17(12-15)24-19-14-26-21-9-7-5-3-1-2-4-6-8-20(21)25-13-18(19)23-16/h10-12,20-21H,1-9,13-14H2. The Hall–Kier alpha value is -0.0100. The zero-order valence-corrected chi connectivity index (χ0v) is 19.0. The van der Waals surface area contributed by atoms with Crippen LogP contribution in [0.1, 0.15) is 69.2 Å². The van der Waals surface area contributed by atoms with Crippen LogP contribution in [0, 0.1) is 3.57 Å². The second-order valence-electron chi connectivity index (χ2n) is 7.50. The molecule has 2 nitrogen and oxygen atoms in total. The highest BCUT2D eigenvalue weighted by molar-refractivity contribution is 14.1. The second-order valence-corrected chi connectivity index (χ2v) is 11.2. The molecule has 26 heavy (non-hydrogen) atoms. The van der Waals surface area contributed by atoms with Crippen molar-refractivity contribution in [2.45, 2.75) is 79.8 Å². The number of aromatic nitrogens is 2. The largest absolute Gasteiger partial charge is 0.248 e. The number of rotatable bonds is 0. The van der Waals surface area contributed by atoms with Gasteiger partial charge in [-0.25, -0.2) is 9.97 Å². The van der Waals surface area contributed by atoms with Gasteiger partial charge in [-0.05, 0) is 53.6 Å². The van der Waals surface area contributed by atoms with Crippen molar-refractivity contribution < 1.29 is 0 Å². The minimum absolute atomic E-state index is 0.791. The maximum absolute atomic E-state index is 5.00. The van der Waals surface area contributed by atoms with Gasteiger partial charge in [-0.2, -0.15) is 23.5 Å². The second kappa shape index (κ2) is 9.46. The highest BCUT2D eigenvalue weighted by atomic mass is 127. The molecule has 1 saturated carbocycles. The summed E-state index contributed by atoms with van der Waals surface area (Å²) in [6, 6.07) is 6.42. The van der Waals surface area contributed by atoms with Crippen molar-refractivity contribution in [1.29, 1.82) is 0 Å². The molecule has 1 aromatic carbocycles. The number of hydrogen-bond acceptors (Lipinski definition) is 4. The molecule has 4 rings (SSSR count). The van der Waals surface area contributed by atoms with E-state index < -0.39 is 0 Å². The van der Waals surface area contributed by atoms with Crippen LogP contribution in [0.3, 0.4) is 0 Å². The van der Waals surface area contributed by atoms with Gasteiger partial charge in [0.15, 0.2) is 0 Å². The van der Waals surface area contributed by atoms with Gasteiger partial charge in [0.25, 0.3) is 0 Å². The summed E-state index contributed by atoms with van der Waals surface area (Å²) in [7, 11) is 0. The summed E-state index contributed by atoms with van der Waals surface area (Å²) in [5.41, 5.74) is 4.56. The Morgan fingerprint density at radius 3 is 1.88 bits per heavy atom. The molecular weight excluding hydrogens is 471 g/mol. The summed E-state index contributed by atoms with van der Waals surface area (Å²) >= 11 is 6.68. The highest BCUT2D eigenvalue weighted by Gasteiger charge is 2.26. The Labute approximate surface area is 179 Å². The molecular formula is C21H27IN2S2. The SMILES string of the molecule is Ic1ccc2nc3c(nc2c1)CSC1CCCCCCCCCC1SC3. The lowest BCUT2D eigenvalue weighted by Crippen LogP contribution is -2.23. The quantitative estimate of drug-likeness (QED) is 0.366. The van der Waals surface area contributed by atoms with E-state index in [2.05, 4.69) is 64.3 Å². The molecule has 2 heterocycles.